The molecule has 0 amide bonds. The Morgan fingerprint density at radius 3 is 2.55 bits per heavy atom. The van der Waals surface area contributed by atoms with Crippen LogP contribution in [0.5, 0.6) is 0 Å². The van der Waals surface area contributed by atoms with Gasteiger partial charge >= 0.3 is 5.97 Å². The highest BCUT2D eigenvalue weighted by Gasteiger charge is 2.34. The Kier molecular flexibility index (Phi) is 6.43. The number of hydrogen-bond donors (Lipinski definition) is 2. The minimum absolute atomic E-state index is 0.173. The van der Waals surface area contributed by atoms with Gasteiger partial charge in [-0.1, -0.05) is 6.92 Å². The highest BCUT2D eigenvalue weighted by Crippen LogP contribution is 2.15. The molecule has 1 aliphatic heterocycles. The number of carboxylic acid groups (broad SMARTS) is 1. The summed E-state index contributed by atoms with van der Waals surface area (Å²) in [6.45, 7) is 15.3. The van der Waals surface area contributed by atoms with Gasteiger partial charge in [0, 0.05) is 38.3 Å². The van der Waals surface area contributed by atoms with E-state index >= 15 is 0 Å². The average molecular weight is 285 g/mol. The third-order valence-corrected chi connectivity index (χ3v) is 4.26. The van der Waals surface area contributed by atoms with Crippen LogP contribution in [-0.4, -0.2) is 71.2 Å². The second kappa shape index (κ2) is 7.38. The number of hydrogen-bond acceptors (Lipinski definition) is 4. The van der Waals surface area contributed by atoms with Crippen molar-refractivity contribution < 1.29 is 9.90 Å². The lowest BCUT2D eigenvalue weighted by molar-refractivity contribution is -0.145. The molecule has 0 aromatic rings. The lowest BCUT2D eigenvalue weighted by atomic mass is 9.96. The number of carboxylic acids is 1. The fraction of sp³-hybridized carbons (Fsp3) is 0.933. The maximum absolute atomic E-state index is 11.5. The number of piperazine rings is 1. The predicted octanol–water partition coefficient (Wildman–Crippen LogP) is 1.24. The van der Waals surface area contributed by atoms with E-state index < -0.39 is 11.5 Å². The predicted molar refractivity (Wildman–Crippen MR) is 82.1 cm³/mol. The van der Waals surface area contributed by atoms with Gasteiger partial charge in [-0.3, -0.25) is 15.0 Å². The summed E-state index contributed by atoms with van der Waals surface area (Å²) >= 11 is 0. The number of aliphatic carboxylic acids is 1. The first kappa shape index (κ1) is 17.4. The van der Waals surface area contributed by atoms with Crippen LogP contribution in [0.15, 0.2) is 0 Å². The Morgan fingerprint density at radius 2 is 2.10 bits per heavy atom. The van der Waals surface area contributed by atoms with Crippen molar-refractivity contribution in [2.45, 2.75) is 58.7 Å². The van der Waals surface area contributed by atoms with Gasteiger partial charge in [-0.15, -0.1) is 0 Å². The van der Waals surface area contributed by atoms with Crippen LogP contribution < -0.4 is 5.32 Å². The lowest BCUT2D eigenvalue weighted by Gasteiger charge is -2.40. The van der Waals surface area contributed by atoms with Crippen molar-refractivity contribution in [2.24, 2.45) is 0 Å². The van der Waals surface area contributed by atoms with Crippen LogP contribution in [0.2, 0.25) is 0 Å². The highest BCUT2D eigenvalue weighted by atomic mass is 16.4. The van der Waals surface area contributed by atoms with Crippen molar-refractivity contribution in [1.29, 1.82) is 0 Å². The van der Waals surface area contributed by atoms with Gasteiger partial charge in [0.15, 0.2) is 0 Å². The van der Waals surface area contributed by atoms with Gasteiger partial charge in [0.1, 0.15) is 5.54 Å². The maximum Gasteiger partial charge on any atom is 0.323 e. The molecule has 5 nitrogen and oxygen atoms in total. The Balaban J connectivity index is 2.50. The molecule has 2 atom stereocenters. The second-order valence-corrected chi connectivity index (χ2v) is 6.46. The smallest absolute Gasteiger partial charge is 0.323 e. The topological polar surface area (TPSA) is 55.8 Å². The summed E-state index contributed by atoms with van der Waals surface area (Å²) in [6, 6.07) is 0.731. The van der Waals surface area contributed by atoms with Crippen molar-refractivity contribution in [2.75, 3.05) is 32.7 Å². The lowest BCUT2D eigenvalue weighted by Crippen LogP contribution is -2.56. The van der Waals surface area contributed by atoms with Crippen LogP contribution >= 0.6 is 0 Å². The first-order valence-electron chi connectivity index (χ1n) is 7.76. The molecule has 0 spiro atoms. The van der Waals surface area contributed by atoms with E-state index in [0.29, 0.717) is 12.5 Å². The summed E-state index contributed by atoms with van der Waals surface area (Å²) in [7, 11) is 0. The normalized spacial score (nSPS) is 24.8. The van der Waals surface area contributed by atoms with E-state index in [2.05, 4.69) is 29.0 Å². The average Bonchev–Trinajstić information content (AvgIpc) is 2.35. The van der Waals surface area contributed by atoms with Crippen molar-refractivity contribution in [3.05, 3.63) is 0 Å². The monoisotopic (exact) mass is 285 g/mol. The minimum Gasteiger partial charge on any atom is -0.480 e. The third-order valence-electron chi connectivity index (χ3n) is 4.26. The summed E-state index contributed by atoms with van der Waals surface area (Å²) in [4.78, 5) is 16.4. The molecular weight excluding hydrogens is 254 g/mol. The van der Waals surface area contributed by atoms with Crippen molar-refractivity contribution in [1.82, 2.24) is 15.1 Å². The molecule has 1 saturated heterocycles. The van der Waals surface area contributed by atoms with Gasteiger partial charge in [-0.2, -0.15) is 0 Å². The molecule has 1 aliphatic rings. The fourth-order valence-electron chi connectivity index (χ4n) is 3.00. The Hall–Kier alpha value is -0.650. The molecule has 0 saturated carbocycles. The largest absolute Gasteiger partial charge is 0.480 e. The SMILES string of the molecule is CCN1CCN(CCC(C)(NC(C)C)C(=O)O)CC1C. The molecule has 0 aliphatic carbocycles. The minimum atomic E-state index is -0.834. The number of nitrogens with one attached hydrogen (secondary N) is 1. The zero-order chi connectivity index (χ0) is 15.3. The van der Waals surface area contributed by atoms with Gasteiger partial charge in [-0.25, -0.2) is 0 Å². The molecule has 118 valence electrons. The molecule has 5 heteroatoms. The Bertz CT molecular complexity index is 322. The molecule has 1 rings (SSSR count). The molecule has 20 heavy (non-hydrogen) atoms. The molecule has 0 radical (unpaired) electrons. The van der Waals surface area contributed by atoms with E-state index in [1.165, 1.54) is 0 Å². The van der Waals surface area contributed by atoms with Gasteiger partial charge in [-0.05, 0) is 40.7 Å². The summed E-state index contributed by atoms with van der Waals surface area (Å²) in [5, 5.41) is 12.6. The zero-order valence-electron chi connectivity index (χ0n) is 13.6. The summed E-state index contributed by atoms with van der Waals surface area (Å²) < 4.78 is 0. The van der Waals surface area contributed by atoms with E-state index in [9.17, 15) is 9.90 Å². The number of likely N-dealkylation sites (N-methyl/N-ethyl adjacent to an activating group) is 1. The number of rotatable bonds is 7. The van der Waals surface area contributed by atoms with E-state index in [1.807, 2.05) is 13.8 Å². The van der Waals surface area contributed by atoms with Gasteiger partial charge in [0.25, 0.3) is 0 Å². The van der Waals surface area contributed by atoms with E-state index in [4.69, 9.17) is 0 Å². The highest BCUT2D eigenvalue weighted by molar-refractivity contribution is 5.78. The van der Waals surface area contributed by atoms with Crippen molar-refractivity contribution in [3.8, 4) is 0 Å². The maximum atomic E-state index is 11.5. The first-order valence-corrected chi connectivity index (χ1v) is 7.76. The van der Waals surface area contributed by atoms with Crippen LogP contribution in [0.3, 0.4) is 0 Å². The van der Waals surface area contributed by atoms with Crippen molar-refractivity contribution >= 4 is 5.97 Å². The van der Waals surface area contributed by atoms with Crippen LogP contribution in [0.4, 0.5) is 0 Å². The first-order chi connectivity index (χ1) is 9.28. The summed E-state index contributed by atoms with van der Waals surface area (Å²) in [5.74, 6) is -0.758. The zero-order valence-corrected chi connectivity index (χ0v) is 13.6. The standard InChI is InChI=1S/C15H31N3O2/c1-6-18-10-9-17(11-13(18)4)8-7-15(5,14(19)20)16-12(2)3/h12-13,16H,6-11H2,1-5H3,(H,19,20). The van der Waals surface area contributed by atoms with Crippen LogP contribution in [0.1, 0.15) is 41.0 Å². The molecule has 1 heterocycles. The molecule has 2 N–H and O–H groups in total. The van der Waals surface area contributed by atoms with Crippen LogP contribution in [0, 0.1) is 0 Å². The summed E-state index contributed by atoms with van der Waals surface area (Å²) in [5.41, 5.74) is -0.834. The van der Waals surface area contributed by atoms with E-state index in [-0.39, 0.29) is 6.04 Å². The van der Waals surface area contributed by atoms with E-state index in [0.717, 1.165) is 32.7 Å². The Labute approximate surface area is 123 Å². The number of carbonyl (C=O) groups is 1. The third kappa shape index (κ3) is 4.72. The van der Waals surface area contributed by atoms with Gasteiger partial charge in [0.05, 0.1) is 0 Å². The fourth-order valence-corrected chi connectivity index (χ4v) is 3.00. The van der Waals surface area contributed by atoms with Crippen molar-refractivity contribution in [3.63, 3.8) is 0 Å². The molecule has 2 unspecified atom stereocenters. The second-order valence-electron chi connectivity index (χ2n) is 6.46. The summed E-state index contributed by atoms with van der Waals surface area (Å²) in [6.07, 6.45) is 0.638. The quantitative estimate of drug-likeness (QED) is 0.737. The molecular formula is C15H31N3O2. The molecule has 1 fully saturated rings. The van der Waals surface area contributed by atoms with Gasteiger partial charge < -0.3 is 10.0 Å². The molecule has 0 aromatic heterocycles. The van der Waals surface area contributed by atoms with E-state index in [1.54, 1.807) is 6.92 Å². The van der Waals surface area contributed by atoms with Crippen LogP contribution in [0.25, 0.3) is 0 Å². The van der Waals surface area contributed by atoms with Gasteiger partial charge in [0.2, 0.25) is 0 Å². The van der Waals surface area contributed by atoms with Crippen LogP contribution in [-0.2, 0) is 4.79 Å². The Morgan fingerprint density at radius 1 is 1.45 bits per heavy atom. The number of nitrogens with zero attached hydrogens (tertiary/aromatic N) is 2. The molecule has 0 aromatic carbocycles. The molecule has 0 bridgehead atoms.